The van der Waals surface area contributed by atoms with Crippen LogP contribution in [0.15, 0.2) is 53.7 Å². The normalized spacial score (nSPS) is 14.8. The molecule has 0 spiro atoms. The van der Waals surface area contributed by atoms with Gasteiger partial charge in [-0.25, -0.2) is 4.98 Å². The van der Waals surface area contributed by atoms with Crippen LogP contribution < -0.4 is 10.2 Å². The summed E-state index contributed by atoms with van der Waals surface area (Å²) in [4.78, 5) is 22.1. The molecule has 1 amide bonds. The molecule has 2 aromatic carbocycles. The third-order valence-electron chi connectivity index (χ3n) is 5.81. The molecule has 7 nitrogen and oxygen atoms in total. The molecule has 1 aromatic heterocycles. The van der Waals surface area contributed by atoms with E-state index < -0.39 is 0 Å². The predicted octanol–water partition coefficient (Wildman–Crippen LogP) is 3.56. The first kappa shape index (κ1) is 22.6. The highest BCUT2D eigenvalue weighted by Gasteiger charge is 2.16. The minimum Gasteiger partial charge on any atom is -0.383 e. The zero-order valence-electron chi connectivity index (χ0n) is 18.8. The number of para-hydroxylation sites is 2. The second-order valence-corrected chi connectivity index (χ2v) is 8.78. The molecule has 3 aromatic rings. The van der Waals surface area contributed by atoms with Gasteiger partial charge in [0, 0.05) is 51.2 Å². The number of amides is 1. The number of anilines is 2. The molecule has 1 N–H and O–H groups in total. The number of aromatic nitrogens is 2. The first-order valence-corrected chi connectivity index (χ1v) is 12.1. The number of thioether (sulfide) groups is 1. The molecular formula is C24H31N5O2S. The Bertz CT molecular complexity index is 1030. The van der Waals surface area contributed by atoms with E-state index in [1.165, 1.54) is 17.4 Å². The Morgan fingerprint density at radius 1 is 1.09 bits per heavy atom. The zero-order valence-corrected chi connectivity index (χ0v) is 19.6. The fourth-order valence-electron chi connectivity index (χ4n) is 3.97. The van der Waals surface area contributed by atoms with Crippen LogP contribution in [-0.4, -0.2) is 72.6 Å². The van der Waals surface area contributed by atoms with Crippen LogP contribution in [0.4, 0.5) is 11.4 Å². The van der Waals surface area contributed by atoms with Crippen molar-refractivity contribution in [1.29, 1.82) is 0 Å². The summed E-state index contributed by atoms with van der Waals surface area (Å²) in [7, 11) is 1.69. The van der Waals surface area contributed by atoms with Gasteiger partial charge in [0.15, 0.2) is 5.16 Å². The second kappa shape index (κ2) is 10.8. The van der Waals surface area contributed by atoms with Crippen LogP contribution in [0.5, 0.6) is 0 Å². The van der Waals surface area contributed by atoms with Crippen molar-refractivity contribution in [2.75, 3.05) is 62.4 Å². The second-order valence-electron chi connectivity index (χ2n) is 7.83. The van der Waals surface area contributed by atoms with Crippen LogP contribution in [0.1, 0.15) is 6.92 Å². The Hall–Kier alpha value is -2.55. The van der Waals surface area contributed by atoms with E-state index >= 15 is 0 Å². The maximum atomic E-state index is 12.6. The van der Waals surface area contributed by atoms with Crippen LogP contribution in [0.2, 0.25) is 0 Å². The van der Waals surface area contributed by atoms with Crippen molar-refractivity contribution in [3.8, 4) is 0 Å². The highest BCUT2D eigenvalue weighted by Crippen LogP contribution is 2.25. The number of piperazine rings is 1. The molecule has 32 heavy (non-hydrogen) atoms. The van der Waals surface area contributed by atoms with Gasteiger partial charge in [-0.15, -0.1) is 0 Å². The largest absolute Gasteiger partial charge is 0.383 e. The van der Waals surface area contributed by atoms with Gasteiger partial charge in [-0.2, -0.15) is 0 Å². The average Bonchev–Trinajstić information content (AvgIpc) is 3.19. The number of carbonyl (C=O) groups is 1. The van der Waals surface area contributed by atoms with Crippen molar-refractivity contribution in [2.45, 2.75) is 18.6 Å². The summed E-state index contributed by atoms with van der Waals surface area (Å²) in [6.45, 7) is 8.90. The molecule has 0 atom stereocenters. The molecule has 1 saturated heterocycles. The molecule has 1 aliphatic heterocycles. The summed E-state index contributed by atoms with van der Waals surface area (Å²) in [5.41, 5.74) is 4.02. The minimum absolute atomic E-state index is 0.0374. The van der Waals surface area contributed by atoms with E-state index in [0.29, 0.717) is 18.9 Å². The lowest BCUT2D eigenvalue weighted by atomic mass is 10.2. The molecule has 4 rings (SSSR count). The number of hydrogen-bond acceptors (Lipinski definition) is 6. The quantitative estimate of drug-likeness (QED) is 0.500. The van der Waals surface area contributed by atoms with Crippen LogP contribution in [0, 0.1) is 0 Å². The Morgan fingerprint density at radius 3 is 2.56 bits per heavy atom. The summed E-state index contributed by atoms with van der Waals surface area (Å²) in [5.74, 6) is 0.265. The molecule has 2 heterocycles. The summed E-state index contributed by atoms with van der Waals surface area (Å²) in [6.07, 6.45) is 0. The van der Waals surface area contributed by atoms with E-state index in [1.807, 2.05) is 36.4 Å². The van der Waals surface area contributed by atoms with Crippen molar-refractivity contribution in [3.05, 3.63) is 48.5 Å². The molecule has 0 aliphatic carbocycles. The fourth-order valence-corrected chi connectivity index (χ4v) is 4.81. The van der Waals surface area contributed by atoms with Crippen molar-refractivity contribution >= 4 is 40.1 Å². The molecule has 0 unspecified atom stereocenters. The highest BCUT2D eigenvalue weighted by atomic mass is 32.2. The van der Waals surface area contributed by atoms with Gasteiger partial charge in [-0.05, 0) is 42.9 Å². The number of hydrogen-bond donors (Lipinski definition) is 1. The Morgan fingerprint density at radius 2 is 1.84 bits per heavy atom. The van der Waals surface area contributed by atoms with E-state index in [1.54, 1.807) is 7.11 Å². The third-order valence-corrected chi connectivity index (χ3v) is 6.78. The van der Waals surface area contributed by atoms with Gasteiger partial charge in [0.05, 0.1) is 23.4 Å². The monoisotopic (exact) mass is 453 g/mol. The van der Waals surface area contributed by atoms with Gasteiger partial charge in [0.1, 0.15) is 0 Å². The van der Waals surface area contributed by atoms with Crippen LogP contribution in [-0.2, 0) is 16.1 Å². The summed E-state index contributed by atoms with van der Waals surface area (Å²) >= 11 is 1.45. The number of imidazole rings is 1. The molecule has 0 saturated carbocycles. The number of likely N-dealkylation sites (N-methyl/N-ethyl adjacent to an activating group) is 1. The first-order chi connectivity index (χ1) is 15.7. The topological polar surface area (TPSA) is 62.6 Å². The van der Waals surface area contributed by atoms with Crippen LogP contribution in [0.25, 0.3) is 11.0 Å². The maximum Gasteiger partial charge on any atom is 0.234 e. The van der Waals surface area contributed by atoms with Gasteiger partial charge in [-0.3, -0.25) is 4.79 Å². The van der Waals surface area contributed by atoms with Crippen molar-refractivity contribution in [2.24, 2.45) is 0 Å². The van der Waals surface area contributed by atoms with Crippen LogP contribution in [0.3, 0.4) is 0 Å². The van der Waals surface area contributed by atoms with Crippen LogP contribution >= 0.6 is 11.8 Å². The van der Waals surface area contributed by atoms with Gasteiger partial charge in [0.2, 0.25) is 5.91 Å². The summed E-state index contributed by atoms with van der Waals surface area (Å²) in [5, 5.41) is 3.84. The number of fused-ring (bicyclic) bond motifs is 1. The predicted molar refractivity (Wildman–Crippen MR) is 132 cm³/mol. The minimum atomic E-state index is -0.0374. The van der Waals surface area contributed by atoms with E-state index in [0.717, 1.165) is 54.6 Å². The zero-order chi connectivity index (χ0) is 22.3. The smallest absolute Gasteiger partial charge is 0.234 e. The Kier molecular flexibility index (Phi) is 7.68. The highest BCUT2D eigenvalue weighted by molar-refractivity contribution is 7.99. The van der Waals surface area contributed by atoms with Crippen molar-refractivity contribution in [1.82, 2.24) is 14.5 Å². The molecule has 0 radical (unpaired) electrons. The number of rotatable bonds is 9. The number of nitrogens with zero attached hydrogens (tertiary/aromatic N) is 4. The lowest BCUT2D eigenvalue weighted by Gasteiger charge is -2.35. The molecule has 1 fully saturated rings. The lowest BCUT2D eigenvalue weighted by molar-refractivity contribution is -0.113. The van der Waals surface area contributed by atoms with Crippen molar-refractivity contribution < 1.29 is 9.53 Å². The molecule has 1 aliphatic rings. The van der Waals surface area contributed by atoms with E-state index in [9.17, 15) is 4.79 Å². The number of benzene rings is 2. The van der Waals surface area contributed by atoms with Gasteiger partial charge >= 0.3 is 0 Å². The molecular weight excluding hydrogens is 422 g/mol. The van der Waals surface area contributed by atoms with E-state index in [4.69, 9.17) is 9.72 Å². The molecule has 0 bridgehead atoms. The van der Waals surface area contributed by atoms with E-state index in [2.05, 4.69) is 38.7 Å². The van der Waals surface area contributed by atoms with Gasteiger partial charge in [0.25, 0.3) is 0 Å². The average molecular weight is 454 g/mol. The summed E-state index contributed by atoms with van der Waals surface area (Å²) in [6, 6.07) is 16.2. The third kappa shape index (κ3) is 5.43. The summed E-state index contributed by atoms with van der Waals surface area (Å²) < 4.78 is 7.36. The fraction of sp³-hybridized carbons (Fsp3) is 0.417. The lowest BCUT2D eigenvalue weighted by Crippen LogP contribution is -2.46. The Balaban J connectivity index is 1.33. The molecule has 8 heteroatoms. The SMILES string of the molecule is CCN1CCN(c2ccc(NC(=O)CSc3nc4ccccc4n3CCOC)cc2)CC1. The Labute approximate surface area is 193 Å². The molecule has 170 valence electrons. The van der Waals surface area contributed by atoms with Gasteiger partial charge in [-0.1, -0.05) is 30.8 Å². The standard InChI is InChI=1S/C24H31N5O2S/c1-3-27-12-14-28(15-13-27)20-10-8-19(9-11-20)25-23(30)18-32-24-26-21-6-4-5-7-22(21)29(24)16-17-31-2/h4-11H,3,12-18H2,1-2H3,(H,25,30). The van der Waals surface area contributed by atoms with Crippen molar-refractivity contribution in [3.63, 3.8) is 0 Å². The van der Waals surface area contributed by atoms with E-state index in [-0.39, 0.29) is 5.91 Å². The number of ether oxygens (including phenoxy) is 1. The maximum absolute atomic E-state index is 12.6. The number of nitrogens with one attached hydrogen (secondary N) is 1. The van der Waals surface area contributed by atoms with Gasteiger partial charge < -0.3 is 24.4 Å². The number of methoxy groups -OCH3 is 1. The first-order valence-electron chi connectivity index (χ1n) is 11.1. The number of carbonyl (C=O) groups excluding carboxylic acids is 1.